The molecule has 7 aromatic carbocycles. The number of furan rings is 2. The Morgan fingerprint density at radius 3 is 1.89 bits per heavy atom. The highest BCUT2D eigenvalue weighted by molar-refractivity contribution is 6.16. The molecule has 5 nitrogen and oxygen atoms in total. The number of para-hydroxylation sites is 2. The van der Waals surface area contributed by atoms with Crippen LogP contribution in [0.5, 0.6) is 0 Å². The minimum absolute atomic E-state index is 0.608. The topological polar surface area (TPSA) is 65.0 Å². The van der Waals surface area contributed by atoms with Crippen molar-refractivity contribution in [3.8, 4) is 34.2 Å². The van der Waals surface area contributed by atoms with Gasteiger partial charge in [0.25, 0.3) is 0 Å². The molecule has 0 atom stereocenters. The first-order chi connectivity index (χ1) is 23.2. The van der Waals surface area contributed by atoms with Crippen LogP contribution >= 0.6 is 0 Å². The van der Waals surface area contributed by atoms with Gasteiger partial charge in [-0.2, -0.15) is 0 Å². The Balaban J connectivity index is 1.19. The molecule has 0 N–H and O–H groups in total. The van der Waals surface area contributed by atoms with Crippen molar-refractivity contribution in [2.45, 2.75) is 6.92 Å². The molecule has 10 rings (SSSR count). The summed E-state index contributed by atoms with van der Waals surface area (Å²) in [7, 11) is 0. The van der Waals surface area contributed by atoms with Crippen LogP contribution in [0.25, 0.3) is 99.6 Å². The van der Waals surface area contributed by atoms with E-state index in [1.807, 2.05) is 54.6 Å². The molecule has 0 aliphatic carbocycles. The largest absolute Gasteiger partial charge is 0.456 e. The number of nitrogens with zero attached hydrogens (tertiary/aromatic N) is 3. The normalized spacial score (nSPS) is 11.9. The molecule has 0 bridgehead atoms. The second kappa shape index (κ2) is 9.83. The standard InChI is InChI=1S/C42H25N3O2/c1-24-9-2-3-10-28(24)41-43-40(44-42(45-41)32-13-8-16-37-39(32)31-12-5-7-15-36(31)46-37)27-19-20-29-25(21-27)17-18-26-22-34-30-11-4-6-14-35(30)47-38(34)23-33(26)29/h2-23H,1H3. The summed E-state index contributed by atoms with van der Waals surface area (Å²) in [6, 6.07) is 45.8. The first-order valence-electron chi connectivity index (χ1n) is 15.7. The van der Waals surface area contributed by atoms with Crippen molar-refractivity contribution >= 4 is 65.4 Å². The fraction of sp³-hybridized carbons (Fsp3) is 0.0238. The summed E-state index contributed by atoms with van der Waals surface area (Å²) in [6.07, 6.45) is 0. The van der Waals surface area contributed by atoms with Crippen LogP contribution in [0.3, 0.4) is 0 Å². The fourth-order valence-electron chi connectivity index (χ4n) is 6.95. The predicted octanol–water partition coefficient (Wildman–Crippen LogP) is 11.3. The molecule has 220 valence electrons. The third kappa shape index (κ3) is 4.00. The zero-order valence-corrected chi connectivity index (χ0v) is 25.4. The lowest BCUT2D eigenvalue weighted by Crippen LogP contribution is -2.01. The van der Waals surface area contributed by atoms with Gasteiger partial charge in [-0.15, -0.1) is 0 Å². The highest BCUT2D eigenvalue weighted by atomic mass is 16.3. The van der Waals surface area contributed by atoms with Gasteiger partial charge in [-0.25, -0.2) is 15.0 Å². The van der Waals surface area contributed by atoms with Gasteiger partial charge in [-0.3, -0.25) is 0 Å². The van der Waals surface area contributed by atoms with E-state index < -0.39 is 0 Å². The van der Waals surface area contributed by atoms with Crippen molar-refractivity contribution in [1.29, 1.82) is 0 Å². The van der Waals surface area contributed by atoms with E-state index in [1.54, 1.807) is 0 Å². The quantitative estimate of drug-likeness (QED) is 0.188. The molecule has 0 unspecified atom stereocenters. The predicted molar refractivity (Wildman–Crippen MR) is 190 cm³/mol. The molecule has 0 saturated carbocycles. The van der Waals surface area contributed by atoms with E-state index in [0.29, 0.717) is 17.5 Å². The number of fused-ring (bicyclic) bond motifs is 9. The van der Waals surface area contributed by atoms with E-state index in [-0.39, 0.29) is 0 Å². The molecule has 0 aliphatic heterocycles. The zero-order valence-electron chi connectivity index (χ0n) is 25.4. The number of aromatic nitrogens is 3. The average molecular weight is 604 g/mol. The summed E-state index contributed by atoms with van der Waals surface area (Å²) >= 11 is 0. The molecule has 3 heterocycles. The molecule has 5 heteroatoms. The van der Waals surface area contributed by atoms with Crippen LogP contribution in [0, 0.1) is 6.92 Å². The third-order valence-electron chi connectivity index (χ3n) is 9.26. The molecule has 47 heavy (non-hydrogen) atoms. The summed E-state index contributed by atoms with van der Waals surface area (Å²) in [4.78, 5) is 15.3. The van der Waals surface area contributed by atoms with Crippen molar-refractivity contribution in [3.63, 3.8) is 0 Å². The molecular weight excluding hydrogens is 578 g/mol. The van der Waals surface area contributed by atoms with E-state index in [0.717, 1.165) is 82.3 Å². The second-order valence-corrected chi connectivity index (χ2v) is 12.1. The smallest absolute Gasteiger partial charge is 0.164 e. The SMILES string of the molecule is Cc1ccccc1-c1nc(-c2ccc3c(ccc4cc5c(cc43)oc3ccccc35)c2)nc(-c2cccc3oc4ccccc4c23)n1. The monoisotopic (exact) mass is 603 g/mol. The Labute approximate surface area is 268 Å². The van der Waals surface area contributed by atoms with Crippen LogP contribution in [0.4, 0.5) is 0 Å². The molecule has 0 saturated heterocycles. The Kier molecular flexibility index (Phi) is 5.43. The zero-order chi connectivity index (χ0) is 31.1. The molecular formula is C42H25N3O2. The van der Waals surface area contributed by atoms with Crippen molar-refractivity contribution < 1.29 is 8.83 Å². The van der Waals surface area contributed by atoms with E-state index in [1.165, 1.54) is 5.39 Å². The highest BCUT2D eigenvalue weighted by Crippen LogP contribution is 2.38. The maximum atomic E-state index is 6.24. The first kappa shape index (κ1) is 25.9. The lowest BCUT2D eigenvalue weighted by molar-refractivity contribution is 0.669. The lowest BCUT2D eigenvalue weighted by atomic mass is 9.98. The summed E-state index contributed by atoms with van der Waals surface area (Å²) in [5.74, 6) is 1.86. The summed E-state index contributed by atoms with van der Waals surface area (Å²) in [5.41, 5.74) is 7.34. The molecule has 0 aliphatic rings. The molecule has 0 amide bonds. The van der Waals surface area contributed by atoms with Gasteiger partial charge in [0.1, 0.15) is 22.3 Å². The Morgan fingerprint density at radius 1 is 0.404 bits per heavy atom. The van der Waals surface area contributed by atoms with Crippen molar-refractivity contribution in [1.82, 2.24) is 15.0 Å². The van der Waals surface area contributed by atoms with E-state index in [9.17, 15) is 0 Å². The maximum absolute atomic E-state index is 6.24. The number of hydrogen-bond acceptors (Lipinski definition) is 5. The second-order valence-electron chi connectivity index (χ2n) is 12.1. The number of benzene rings is 7. The Morgan fingerprint density at radius 2 is 1.04 bits per heavy atom. The summed E-state index contributed by atoms with van der Waals surface area (Å²) in [5, 5.41) is 8.88. The van der Waals surface area contributed by atoms with Crippen LogP contribution in [0.2, 0.25) is 0 Å². The van der Waals surface area contributed by atoms with Gasteiger partial charge in [0.2, 0.25) is 0 Å². The van der Waals surface area contributed by atoms with Crippen LogP contribution in [-0.4, -0.2) is 15.0 Å². The Hall–Kier alpha value is -6.33. The van der Waals surface area contributed by atoms with Crippen LogP contribution in [-0.2, 0) is 0 Å². The van der Waals surface area contributed by atoms with Gasteiger partial charge in [0.15, 0.2) is 17.5 Å². The summed E-state index contributed by atoms with van der Waals surface area (Å²) in [6.45, 7) is 2.09. The van der Waals surface area contributed by atoms with E-state index in [2.05, 4.69) is 85.8 Å². The molecule has 0 spiro atoms. The van der Waals surface area contributed by atoms with Gasteiger partial charge in [-0.1, -0.05) is 97.1 Å². The number of aryl methyl sites for hydroxylation is 1. The van der Waals surface area contributed by atoms with Crippen molar-refractivity contribution in [2.75, 3.05) is 0 Å². The van der Waals surface area contributed by atoms with Crippen molar-refractivity contribution in [2.24, 2.45) is 0 Å². The lowest BCUT2D eigenvalue weighted by Gasteiger charge is -2.11. The highest BCUT2D eigenvalue weighted by Gasteiger charge is 2.19. The van der Waals surface area contributed by atoms with Crippen LogP contribution in [0.1, 0.15) is 5.56 Å². The van der Waals surface area contributed by atoms with Gasteiger partial charge in [0.05, 0.1) is 0 Å². The van der Waals surface area contributed by atoms with E-state index in [4.69, 9.17) is 23.8 Å². The van der Waals surface area contributed by atoms with Crippen molar-refractivity contribution in [3.05, 3.63) is 139 Å². The molecule has 3 aromatic heterocycles. The molecule has 10 aromatic rings. The van der Waals surface area contributed by atoms with E-state index >= 15 is 0 Å². The number of hydrogen-bond donors (Lipinski definition) is 0. The third-order valence-corrected chi connectivity index (χ3v) is 9.26. The van der Waals surface area contributed by atoms with Crippen LogP contribution < -0.4 is 0 Å². The van der Waals surface area contributed by atoms with Gasteiger partial charge in [0, 0.05) is 38.2 Å². The summed E-state index contributed by atoms with van der Waals surface area (Å²) < 4.78 is 12.5. The molecule has 0 radical (unpaired) electrons. The fourth-order valence-corrected chi connectivity index (χ4v) is 6.95. The average Bonchev–Trinajstić information content (AvgIpc) is 3.68. The first-order valence-corrected chi connectivity index (χ1v) is 15.7. The number of rotatable bonds is 3. The minimum atomic E-state index is 0.608. The van der Waals surface area contributed by atoms with Gasteiger partial charge >= 0.3 is 0 Å². The Bertz CT molecular complexity index is 2880. The van der Waals surface area contributed by atoms with Gasteiger partial charge in [-0.05, 0) is 70.4 Å². The van der Waals surface area contributed by atoms with Crippen LogP contribution in [0.15, 0.2) is 142 Å². The minimum Gasteiger partial charge on any atom is -0.456 e. The van der Waals surface area contributed by atoms with Gasteiger partial charge < -0.3 is 8.83 Å². The maximum Gasteiger partial charge on any atom is 0.164 e. The molecule has 0 fully saturated rings.